The molecular weight excluding hydrogens is 294 g/mol. The maximum Gasteiger partial charge on any atom is 0.274 e. The molecule has 2 heterocycles. The van der Waals surface area contributed by atoms with E-state index in [1.807, 2.05) is 11.8 Å². The summed E-state index contributed by atoms with van der Waals surface area (Å²) < 4.78 is 0. The number of benzene rings is 1. The van der Waals surface area contributed by atoms with Crippen LogP contribution >= 0.6 is 11.3 Å². The van der Waals surface area contributed by atoms with Crippen molar-refractivity contribution in [1.29, 1.82) is 0 Å². The summed E-state index contributed by atoms with van der Waals surface area (Å²) in [6, 6.07) is 6.48. The molecule has 1 saturated heterocycles. The van der Waals surface area contributed by atoms with Crippen molar-refractivity contribution < 1.29 is 4.79 Å². The van der Waals surface area contributed by atoms with Crippen molar-refractivity contribution >= 4 is 17.2 Å². The van der Waals surface area contributed by atoms with Gasteiger partial charge in [-0.1, -0.05) is 23.8 Å². The Morgan fingerprint density at radius 2 is 2.18 bits per heavy atom. The number of thiazole rings is 1. The van der Waals surface area contributed by atoms with Gasteiger partial charge in [-0.15, -0.1) is 11.3 Å². The van der Waals surface area contributed by atoms with Crippen LogP contribution in [-0.4, -0.2) is 34.9 Å². The lowest BCUT2D eigenvalue weighted by Crippen LogP contribution is -2.54. The van der Waals surface area contributed by atoms with Gasteiger partial charge in [0.2, 0.25) is 0 Å². The Bertz CT molecular complexity index is 721. The van der Waals surface area contributed by atoms with Crippen molar-refractivity contribution in [2.45, 2.75) is 33.2 Å². The second-order valence-corrected chi connectivity index (χ2v) is 7.11. The lowest BCUT2D eigenvalue weighted by atomic mass is 10.0. The molecule has 22 heavy (non-hydrogen) atoms. The molecule has 116 valence electrons. The molecule has 1 aliphatic heterocycles. The van der Waals surface area contributed by atoms with Gasteiger partial charge in [0, 0.05) is 19.1 Å². The maximum atomic E-state index is 12.8. The zero-order valence-electron chi connectivity index (χ0n) is 13.2. The summed E-state index contributed by atoms with van der Waals surface area (Å²) in [7, 11) is 0. The van der Waals surface area contributed by atoms with Crippen molar-refractivity contribution in [3.8, 4) is 10.4 Å². The van der Waals surface area contributed by atoms with Gasteiger partial charge in [0.1, 0.15) is 5.69 Å². The topological polar surface area (TPSA) is 59.2 Å². The highest BCUT2D eigenvalue weighted by Crippen LogP contribution is 2.34. The third kappa shape index (κ3) is 2.55. The Balaban J connectivity index is 2.01. The first kappa shape index (κ1) is 15.2. The van der Waals surface area contributed by atoms with Gasteiger partial charge in [0.25, 0.3) is 5.91 Å². The summed E-state index contributed by atoms with van der Waals surface area (Å²) in [5.74, 6) is 0.0148. The number of hydrogen-bond donors (Lipinski definition) is 1. The van der Waals surface area contributed by atoms with E-state index in [0.717, 1.165) is 28.4 Å². The number of carbonyl (C=O) groups is 1. The van der Waals surface area contributed by atoms with Crippen LogP contribution in [0, 0.1) is 20.8 Å². The van der Waals surface area contributed by atoms with E-state index < -0.39 is 0 Å². The summed E-state index contributed by atoms with van der Waals surface area (Å²) in [6.07, 6.45) is 0.990. The molecular formula is C17H21N3OS. The SMILES string of the molecule is Cc1ccc(-c2sc(C)nc2C(=O)N2CCC2CN)c(C)c1. The van der Waals surface area contributed by atoms with E-state index in [9.17, 15) is 4.79 Å². The molecule has 0 aliphatic carbocycles. The quantitative estimate of drug-likeness (QED) is 0.947. The Kier molecular flexibility index (Phi) is 4.02. The molecule has 3 rings (SSSR count). The number of amides is 1. The van der Waals surface area contributed by atoms with Gasteiger partial charge in [0.05, 0.1) is 9.88 Å². The van der Waals surface area contributed by atoms with Crippen LogP contribution < -0.4 is 5.73 Å². The van der Waals surface area contributed by atoms with Crippen LogP contribution in [0.1, 0.15) is 33.0 Å². The average molecular weight is 315 g/mol. The van der Waals surface area contributed by atoms with Gasteiger partial charge < -0.3 is 10.6 Å². The Hall–Kier alpha value is -1.72. The maximum absolute atomic E-state index is 12.8. The zero-order chi connectivity index (χ0) is 15.9. The molecule has 1 atom stereocenters. The summed E-state index contributed by atoms with van der Waals surface area (Å²) in [6.45, 7) is 7.41. The Morgan fingerprint density at radius 3 is 2.77 bits per heavy atom. The van der Waals surface area contributed by atoms with E-state index >= 15 is 0 Å². The number of aromatic nitrogens is 1. The normalized spacial score (nSPS) is 17.5. The summed E-state index contributed by atoms with van der Waals surface area (Å²) in [5, 5.41) is 0.920. The molecule has 1 aliphatic rings. The van der Waals surface area contributed by atoms with Gasteiger partial charge in [-0.2, -0.15) is 0 Å². The van der Waals surface area contributed by atoms with Crippen LogP contribution in [0.2, 0.25) is 0 Å². The average Bonchev–Trinajstić information content (AvgIpc) is 2.80. The van der Waals surface area contributed by atoms with E-state index in [-0.39, 0.29) is 11.9 Å². The molecule has 1 aromatic carbocycles. The van der Waals surface area contributed by atoms with Crippen LogP contribution in [0.5, 0.6) is 0 Å². The highest BCUT2D eigenvalue weighted by Gasteiger charge is 2.34. The molecule has 1 amide bonds. The molecule has 2 N–H and O–H groups in total. The van der Waals surface area contributed by atoms with Crippen LogP contribution in [-0.2, 0) is 0 Å². The Morgan fingerprint density at radius 1 is 1.41 bits per heavy atom. The first-order chi connectivity index (χ1) is 10.5. The van der Waals surface area contributed by atoms with E-state index in [1.165, 1.54) is 11.1 Å². The fourth-order valence-corrected chi connectivity index (χ4v) is 3.91. The minimum atomic E-state index is 0.0148. The molecule has 4 nitrogen and oxygen atoms in total. The highest BCUT2D eigenvalue weighted by molar-refractivity contribution is 7.15. The molecule has 0 bridgehead atoms. The van der Waals surface area contributed by atoms with Crippen LogP contribution in [0.25, 0.3) is 10.4 Å². The van der Waals surface area contributed by atoms with Gasteiger partial charge in [-0.3, -0.25) is 4.79 Å². The molecule has 2 aromatic rings. The fourth-order valence-electron chi connectivity index (χ4n) is 2.91. The van der Waals surface area contributed by atoms with Gasteiger partial charge >= 0.3 is 0 Å². The standard InChI is InChI=1S/C17H21N3OS/c1-10-4-5-14(11(2)8-10)16-15(19-12(3)22-16)17(21)20-7-6-13(20)9-18/h4-5,8,13H,6-7,9,18H2,1-3H3. The minimum Gasteiger partial charge on any atom is -0.333 e. The van der Waals surface area contributed by atoms with Crippen molar-refractivity contribution in [1.82, 2.24) is 9.88 Å². The van der Waals surface area contributed by atoms with E-state index in [0.29, 0.717) is 12.2 Å². The molecule has 0 radical (unpaired) electrons. The molecule has 1 aromatic heterocycles. The van der Waals surface area contributed by atoms with Crippen molar-refractivity contribution in [3.63, 3.8) is 0 Å². The summed E-state index contributed by atoms with van der Waals surface area (Å²) in [4.78, 5) is 20.1. The third-order valence-corrected chi connectivity index (χ3v) is 5.24. The van der Waals surface area contributed by atoms with E-state index in [4.69, 9.17) is 5.73 Å². The van der Waals surface area contributed by atoms with Gasteiger partial charge in [0.15, 0.2) is 0 Å². The van der Waals surface area contributed by atoms with Gasteiger partial charge in [-0.05, 0) is 38.3 Å². The van der Waals surface area contributed by atoms with Crippen molar-refractivity contribution in [2.75, 3.05) is 13.1 Å². The number of likely N-dealkylation sites (tertiary alicyclic amines) is 1. The first-order valence-corrected chi connectivity index (χ1v) is 8.39. The van der Waals surface area contributed by atoms with Crippen molar-refractivity contribution in [2.24, 2.45) is 5.73 Å². The smallest absolute Gasteiger partial charge is 0.274 e. The van der Waals surface area contributed by atoms with Crippen LogP contribution in [0.15, 0.2) is 18.2 Å². The van der Waals surface area contributed by atoms with Gasteiger partial charge in [-0.25, -0.2) is 4.98 Å². The second kappa shape index (κ2) is 5.82. The minimum absolute atomic E-state index is 0.0148. The third-order valence-electron chi connectivity index (χ3n) is 4.24. The molecule has 0 saturated carbocycles. The lowest BCUT2D eigenvalue weighted by molar-refractivity contribution is 0.0477. The highest BCUT2D eigenvalue weighted by atomic mass is 32.1. The number of hydrogen-bond acceptors (Lipinski definition) is 4. The largest absolute Gasteiger partial charge is 0.333 e. The predicted molar refractivity (Wildman–Crippen MR) is 90.3 cm³/mol. The molecule has 1 unspecified atom stereocenters. The van der Waals surface area contributed by atoms with Crippen molar-refractivity contribution in [3.05, 3.63) is 40.0 Å². The summed E-state index contributed by atoms with van der Waals surface area (Å²) >= 11 is 1.59. The lowest BCUT2D eigenvalue weighted by Gasteiger charge is -2.40. The second-order valence-electron chi connectivity index (χ2n) is 5.91. The van der Waals surface area contributed by atoms with E-state index in [1.54, 1.807) is 11.3 Å². The van der Waals surface area contributed by atoms with Crippen LogP contribution in [0.3, 0.4) is 0 Å². The number of aryl methyl sites for hydroxylation is 3. The number of rotatable bonds is 3. The summed E-state index contributed by atoms with van der Waals surface area (Å²) in [5.41, 5.74) is 9.80. The fraction of sp³-hybridized carbons (Fsp3) is 0.412. The monoisotopic (exact) mass is 315 g/mol. The first-order valence-electron chi connectivity index (χ1n) is 7.57. The molecule has 1 fully saturated rings. The Labute approximate surface area is 135 Å². The molecule has 5 heteroatoms. The van der Waals surface area contributed by atoms with Crippen LogP contribution in [0.4, 0.5) is 0 Å². The van der Waals surface area contributed by atoms with E-state index in [2.05, 4.69) is 37.0 Å². The number of nitrogens with two attached hydrogens (primary N) is 1. The predicted octanol–water partition coefficient (Wildman–Crippen LogP) is 2.91. The number of carbonyl (C=O) groups excluding carboxylic acids is 1. The molecule has 0 spiro atoms. The zero-order valence-corrected chi connectivity index (χ0v) is 14.0. The number of nitrogens with zero attached hydrogens (tertiary/aromatic N) is 2.